The van der Waals surface area contributed by atoms with Gasteiger partial charge in [-0.05, 0) is 38.7 Å². The van der Waals surface area contributed by atoms with E-state index in [4.69, 9.17) is 0 Å². The van der Waals surface area contributed by atoms with E-state index in [1.807, 2.05) is 0 Å². The summed E-state index contributed by atoms with van der Waals surface area (Å²) in [5, 5.41) is 2.86. The van der Waals surface area contributed by atoms with Crippen LogP contribution in [0.1, 0.15) is 46.4 Å². The summed E-state index contributed by atoms with van der Waals surface area (Å²) >= 11 is 0. The predicted octanol–water partition coefficient (Wildman–Crippen LogP) is 2.93. The third kappa shape index (κ3) is 3.31. The van der Waals surface area contributed by atoms with E-state index in [0.29, 0.717) is 17.4 Å². The summed E-state index contributed by atoms with van der Waals surface area (Å²) in [7, 11) is 0. The number of hydrogen-bond acceptors (Lipinski definition) is 2. The number of amides is 1. The third-order valence-corrected chi connectivity index (χ3v) is 3.41. The molecule has 0 aromatic heterocycles. The molecular weight excluding hydrogens is 238 g/mol. The molecule has 1 unspecified atom stereocenters. The Hall–Kier alpha value is -1.90. The minimum atomic E-state index is -0.242. The minimum Gasteiger partial charge on any atom is -0.346 e. The first kappa shape index (κ1) is 13.5. The van der Waals surface area contributed by atoms with E-state index in [1.165, 1.54) is 12.0 Å². The van der Waals surface area contributed by atoms with Gasteiger partial charge in [-0.25, -0.2) is 0 Å². The van der Waals surface area contributed by atoms with Crippen molar-refractivity contribution in [1.29, 1.82) is 0 Å². The zero-order chi connectivity index (χ0) is 13.7. The van der Waals surface area contributed by atoms with E-state index in [0.717, 1.165) is 19.3 Å². The highest BCUT2D eigenvalue weighted by atomic mass is 16.2. The molecule has 1 aliphatic carbocycles. The molecule has 1 N–H and O–H groups in total. The quantitative estimate of drug-likeness (QED) is 0.665. The molecule has 99 valence electrons. The van der Waals surface area contributed by atoms with Gasteiger partial charge in [-0.1, -0.05) is 29.8 Å². The van der Waals surface area contributed by atoms with Crippen LogP contribution in [0.15, 0.2) is 35.9 Å². The van der Waals surface area contributed by atoms with Gasteiger partial charge in [0, 0.05) is 11.1 Å². The van der Waals surface area contributed by atoms with Crippen LogP contribution in [-0.4, -0.2) is 18.2 Å². The standard InChI is InChI=1S/C16H18NO2/c1-12(13-7-3-2-4-8-13)17-16(19)15-10-6-5-9-14(15)11-18/h5-7,9-12H,1-4,8H2,(H,17,19). The van der Waals surface area contributed by atoms with E-state index >= 15 is 0 Å². The lowest BCUT2D eigenvalue weighted by atomic mass is 9.94. The van der Waals surface area contributed by atoms with E-state index in [1.54, 1.807) is 24.3 Å². The van der Waals surface area contributed by atoms with E-state index < -0.39 is 0 Å². The molecule has 1 atom stereocenters. The Morgan fingerprint density at radius 3 is 2.79 bits per heavy atom. The Labute approximate surface area is 113 Å². The van der Waals surface area contributed by atoms with Crippen LogP contribution < -0.4 is 5.32 Å². The number of aldehydes is 1. The second kappa shape index (κ2) is 6.32. The van der Waals surface area contributed by atoms with Crippen LogP contribution in [0.5, 0.6) is 0 Å². The number of rotatable bonds is 4. The normalized spacial score (nSPS) is 16.4. The van der Waals surface area contributed by atoms with Crippen molar-refractivity contribution in [2.45, 2.75) is 31.7 Å². The predicted molar refractivity (Wildman–Crippen MR) is 75.0 cm³/mol. The van der Waals surface area contributed by atoms with E-state index in [9.17, 15) is 9.59 Å². The molecule has 0 heterocycles. The summed E-state index contributed by atoms with van der Waals surface area (Å²) in [6.07, 6.45) is 7.27. The molecule has 1 aromatic rings. The second-order valence-electron chi connectivity index (χ2n) is 4.76. The van der Waals surface area contributed by atoms with Gasteiger partial charge in [-0.2, -0.15) is 0 Å². The first-order valence-corrected chi connectivity index (χ1v) is 6.59. The van der Waals surface area contributed by atoms with Crippen molar-refractivity contribution in [3.8, 4) is 0 Å². The van der Waals surface area contributed by atoms with Crippen LogP contribution >= 0.6 is 0 Å². The number of carbonyl (C=O) groups excluding carboxylic acids is 2. The molecule has 0 aliphatic heterocycles. The van der Waals surface area contributed by atoms with Gasteiger partial charge < -0.3 is 5.32 Å². The molecule has 19 heavy (non-hydrogen) atoms. The maximum absolute atomic E-state index is 12.1. The molecule has 3 nitrogen and oxygen atoms in total. The van der Waals surface area contributed by atoms with Crippen LogP contribution in [0.4, 0.5) is 0 Å². The Bertz CT molecular complexity index is 505. The first-order valence-electron chi connectivity index (χ1n) is 6.59. The fourth-order valence-corrected chi connectivity index (χ4v) is 2.31. The molecule has 0 spiro atoms. The van der Waals surface area contributed by atoms with Crippen molar-refractivity contribution in [2.24, 2.45) is 0 Å². The number of benzene rings is 1. The van der Waals surface area contributed by atoms with Crippen molar-refractivity contribution < 1.29 is 9.59 Å². The van der Waals surface area contributed by atoms with Crippen LogP contribution in [0.25, 0.3) is 0 Å². The second-order valence-corrected chi connectivity index (χ2v) is 4.76. The van der Waals surface area contributed by atoms with Crippen LogP contribution in [0, 0.1) is 6.92 Å². The zero-order valence-electron chi connectivity index (χ0n) is 10.9. The average molecular weight is 256 g/mol. The Balaban J connectivity index is 2.08. The van der Waals surface area contributed by atoms with Gasteiger partial charge in [0.2, 0.25) is 0 Å². The molecular formula is C16H18NO2. The fraction of sp³-hybridized carbons (Fsp3) is 0.312. The summed E-state index contributed by atoms with van der Waals surface area (Å²) in [5.74, 6) is -0.242. The van der Waals surface area contributed by atoms with Gasteiger partial charge in [0.15, 0.2) is 6.29 Å². The van der Waals surface area contributed by atoms with Gasteiger partial charge in [0.1, 0.15) is 0 Å². The lowest BCUT2D eigenvalue weighted by Gasteiger charge is -2.21. The molecule has 0 bridgehead atoms. The van der Waals surface area contributed by atoms with Crippen LogP contribution in [0.3, 0.4) is 0 Å². The summed E-state index contributed by atoms with van der Waals surface area (Å²) in [6, 6.07) is 6.57. The molecule has 2 rings (SSSR count). The largest absolute Gasteiger partial charge is 0.346 e. The molecule has 1 amide bonds. The van der Waals surface area contributed by atoms with Gasteiger partial charge in [0.25, 0.3) is 5.91 Å². The molecule has 0 fully saturated rings. The molecule has 0 saturated carbocycles. The van der Waals surface area contributed by atoms with Gasteiger partial charge in [-0.3, -0.25) is 9.59 Å². The maximum Gasteiger partial charge on any atom is 0.252 e. The first-order chi connectivity index (χ1) is 9.22. The molecule has 1 aliphatic rings. The van der Waals surface area contributed by atoms with Crippen molar-refractivity contribution in [1.82, 2.24) is 5.32 Å². The number of nitrogens with one attached hydrogen (secondary N) is 1. The van der Waals surface area contributed by atoms with Crippen LogP contribution in [0.2, 0.25) is 0 Å². The van der Waals surface area contributed by atoms with Crippen molar-refractivity contribution in [3.63, 3.8) is 0 Å². The summed E-state index contributed by atoms with van der Waals surface area (Å²) in [5.41, 5.74) is 2.00. The molecule has 1 aromatic carbocycles. The van der Waals surface area contributed by atoms with Crippen molar-refractivity contribution in [3.05, 3.63) is 54.0 Å². The summed E-state index contributed by atoms with van der Waals surface area (Å²) in [4.78, 5) is 23.1. The van der Waals surface area contributed by atoms with E-state index in [-0.39, 0.29) is 11.9 Å². The highest BCUT2D eigenvalue weighted by Gasteiger charge is 2.16. The molecule has 0 saturated heterocycles. The maximum atomic E-state index is 12.1. The van der Waals surface area contributed by atoms with Crippen molar-refractivity contribution in [2.75, 3.05) is 0 Å². The zero-order valence-corrected chi connectivity index (χ0v) is 10.9. The monoisotopic (exact) mass is 256 g/mol. The number of hydrogen-bond donors (Lipinski definition) is 1. The topological polar surface area (TPSA) is 46.2 Å². The smallest absolute Gasteiger partial charge is 0.252 e. The highest BCUT2D eigenvalue weighted by molar-refractivity contribution is 6.01. The van der Waals surface area contributed by atoms with Gasteiger partial charge in [0.05, 0.1) is 6.04 Å². The number of allylic oxidation sites excluding steroid dienone is 1. The highest BCUT2D eigenvalue weighted by Crippen LogP contribution is 2.20. The van der Waals surface area contributed by atoms with Gasteiger partial charge in [-0.15, -0.1) is 0 Å². The third-order valence-electron chi connectivity index (χ3n) is 3.41. The van der Waals surface area contributed by atoms with E-state index in [2.05, 4.69) is 18.3 Å². The lowest BCUT2D eigenvalue weighted by molar-refractivity contribution is 0.0942. The molecule has 3 heteroatoms. The summed E-state index contributed by atoms with van der Waals surface area (Å²) < 4.78 is 0. The number of carbonyl (C=O) groups is 2. The fourth-order valence-electron chi connectivity index (χ4n) is 2.31. The van der Waals surface area contributed by atoms with Crippen molar-refractivity contribution >= 4 is 12.2 Å². The Morgan fingerprint density at radius 2 is 2.11 bits per heavy atom. The SMILES string of the molecule is [CH2]C(NC(=O)c1ccccc1C=O)C1=CCCCC1. The van der Waals surface area contributed by atoms with Crippen LogP contribution in [-0.2, 0) is 0 Å². The van der Waals surface area contributed by atoms with Gasteiger partial charge >= 0.3 is 0 Å². The Kier molecular flexibility index (Phi) is 4.50. The minimum absolute atomic E-state index is 0.215. The summed E-state index contributed by atoms with van der Waals surface area (Å²) in [6.45, 7) is 3.99. The average Bonchev–Trinajstić information content (AvgIpc) is 2.48. The molecule has 1 radical (unpaired) electrons. The lowest BCUT2D eigenvalue weighted by Crippen LogP contribution is -2.35. The Morgan fingerprint density at radius 1 is 1.32 bits per heavy atom.